The number of carbonyl (C=O) groups is 1. The van der Waals surface area contributed by atoms with Crippen LogP contribution in [0, 0.1) is 32.7 Å². The van der Waals surface area contributed by atoms with E-state index in [1.54, 1.807) is 12.1 Å². The van der Waals surface area contributed by atoms with Crippen LogP contribution in [-0.2, 0) is 10.0 Å². The summed E-state index contributed by atoms with van der Waals surface area (Å²) in [6.45, 7) is 13.3. The SMILES string of the molecule is CC(C)c1ccccc1[C@@H]1CCCC1N1CC2(CCN(c3ccc(C(=O)NS(=O)(=O)c4ccc(NCC5CCC(C)(C)CC5)c([N+](=O)[O-])c4)c(Oc4cnc5[nH]cc(F)c5c4)c3)CC2)C1. The molecule has 9 rings (SSSR count). The van der Waals surface area contributed by atoms with E-state index in [0.717, 1.165) is 76.5 Å². The van der Waals surface area contributed by atoms with Gasteiger partial charge in [0.25, 0.3) is 21.6 Å². The molecule has 15 heteroatoms. The molecule has 2 aromatic heterocycles. The number of nitro benzene ring substituents is 1. The van der Waals surface area contributed by atoms with E-state index in [4.69, 9.17) is 4.74 Å². The topological polar surface area (TPSA) is 163 Å². The lowest BCUT2D eigenvalue weighted by Crippen LogP contribution is -2.63. The van der Waals surface area contributed by atoms with E-state index in [1.807, 2.05) is 0 Å². The summed E-state index contributed by atoms with van der Waals surface area (Å²) in [5, 5.41) is 15.6. The molecular weight excluding hydrogens is 846 g/mol. The molecule has 2 saturated heterocycles. The van der Waals surface area contributed by atoms with Crippen molar-refractivity contribution in [2.75, 3.05) is 42.9 Å². The van der Waals surface area contributed by atoms with Gasteiger partial charge < -0.3 is 19.9 Å². The van der Waals surface area contributed by atoms with Gasteiger partial charge in [0.05, 0.1) is 27.0 Å². The van der Waals surface area contributed by atoms with Crippen molar-refractivity contribution in [2.24, 2.45) is 16.7 Å². The summed E-state index contributed by atoms with van der Waals surface area (Å²) in [4.78, 5) is 37.1. The molecule has 2 aliphatic heterocycles. The Labute approximate surface area is 380 Å². The predicted octanol–water partition coefficient (Wildman–Crippen LogP) is 10.5. The number of H-pyrrole nitrogens is 1. The Hall–Kier alpha value is -5.54. The first-order valence-electron chi connectivity index (χ1n) is 23.2. The third-order valence-corrected chi connectivity index (χ3v) is 16.2. The number of nitro groups is 1. The molecule has 1 unspecified atom stereocenters. The number of aromatic nitrogens is 2. The number of anilines is 2. The number of carbonyl (C=O) groups excluding carboxylic acids is 1. The molecule has 3 N–H and O–H groups in total. The fraction of sp³-hybridized carbons (Fsp3) is 0.480. The highest BCUT2D eigenvalue weighted by molar-refractivity contribution is 7.90. The van der Waals surface area contributed by atoms with Crippen LogP contribution in [0.3, 0.4) is 0 Å². The van der Waals surface area contributed by atoms with E-state index >= 15 is 0 Å². The summed E-state index contributed by atoms with van der Waals surface area (Å²) in [5.41, 5.74) is 4.34. The van der Waals surface area contributed by atoms with Crippen LogP contribution in [-0.4, -0.2) is 72.9 Å². The Bertz CT molecular complexity index is 2690. The predicted molar refractivity (Wildman–Crippen MR) is 251 cm³/mol. The number of hydrogen-bond donors (Lipinski definition) is 3. The van der Waals surface area contributed by atoms with Crippen molar-refractivity contribution in [1.82, 2.24) is 19.6 Å². The number of sulfonamides is 1. The number of ether oxygens (including phenoxy) is 1. The maximum Gasteiger partial charge on any atom is 0.293 e. The summed E-state index contributed by atoms with van der Waals surface area (Å²) < 4.78 is 50.5. The number of hydrogen-bond acceptors (Lipinski definition) is 10. The van der Waals surface area contributed by atoms with Crippen molar-refractivity contribution in [3.05, 3.63) is 112 Å². The van der Waals surface area contributed by atoms with Gasteiger partial charge in [-0.05, 0) is 121 Å². The monoisotopic (exact) mass is 905 g/mol. The molecule has 4 fully saturated rings. The lowest BCUT2D eigenvalue weighted by atomic mass is 9.70. The first kappa shape index (κ1) is 44.7. The van der Waals surface area contributed by atoms with Crippen LogP contribution in [0.5, 0.6) is 11.5 Å². The Kier molecular flexibility index (Phi) is 12.2. The van der Waals surface area contributed by atoms with Gasteiger partial charge in [-0.3, -0.25) is 19.8 Å². The van der Waals surface area contributed by atoms with Crippen molar-refractivity contribution in [3.8, 4) is 11.5 Å². The summed E-state index contributed by atoms with van der Waals surface area (Å²) in [6, 6.07) is 19.6. The van der Waals surface area contributed by atoms with Crippen molar-refractivity contribution in [2.45, 2.75) is 108 Å². The summed E-state index contributed by atoms with van der Waals surface area (Å²) in [6.07, 6.45) is 12.5. The maximum absolute atomic E-state index is 14.6. The fourth-order valence-corrected chi connectivity index (χ4v) is 12.0. The minimum atomic E-state index is -4.59. The number of amides is 1. The molecule has 4 heterocycles. The van der Waals surface area contributed by atoms with Gasteiger partial charge in [-0.1, -0.05) is 58.4 Å². The zero-order valence-corrected chi connectivity index (χ0v) is 38.6. The number of pyridine rings is 1. The van der Waals surface area contributed by atoms with Crippen LogP contribution >= 0.6 is 0 Å². The van der Waals surface area contributed by atoms with Crippen molar-refractivity contribution in [1.29, 1.82) is 0 Å². The first-order valence-corrected chi connectivity index (χ1v) is 24.7. The highest BCUT2D eigenvalue weighted by Crippen LogP contribution is 2.49. The Morgan fingerprint density at radius 1 is 1.00 bits per heavy atom. The lowest BCUT2D eigenvalue weighted by Gasteiger charge is -2.57. The summed E-state index contributed by atoms with van der Waals surface area (Å²) in [5.74, 6) is 0.0796. The molecule has 0 radical (unpaired) electrons. The van der Waals surface area contributed by atoms with Gasteiger partial charge in [0.1, 0.15) is 28.7 Å². The second-order valence-corrected chi connectivity index (χ2v) is 21.8. The molecular formula is C50H60FN7O6S. The van der Waals surface area contributed by atoms with Gasteiger partial charge >= 0.3 is 0 Å². The van der Waals surface area contributed by atoms with Crippen LogP contribution in [0.1, 0.15) is 119 Å². The van der Waals surface area contributed by atoms with Gasteiger partial charge in [-0.25, -0.2) is 22.5 Å². The zero-order chi connectivity index (χ0) is 45.7. The number of nitrogens with zero attached hydrogens (tertiary/aromatic N) is 4. The van der Waals surface area contributed by atoms with Crippen molar-refractivity contribution in [3.63, 3.8) is 0 Å². The fourth-order valence-electron chi connectivity index (χ4n) is 11.0. The highest BCUT2D eigenvalue weighted by Gasteiger charge is 2.49. The maximum atomic E-state index is 14.6. The average molecular weight is 906 g/mol. The Morgan fingerprint density at radius 3 is 2.49 bits per heavy atom. The van der Waals surface area contributed by atoms with Crippen molar-refractivity contribution >= 4 is 44.0 Å². The third-order valence-electron chi connectivity index (χ3n) is 14.9. The minimum Gasteiger partial charge on any atom is -0.455 e. The second-order valence-electron chi connectivity index (χ2n) is 20.1. The van der Waals surface area contributed by atoms with Crippen LogP contribution in [0.4, 0.5) is 21.5 Å². The van der Waals surface area contributed by atoms with E-state index in [0.29, 0.717) is 36.0 Å². The number of halogens is 1. The molecule has 1 spiro atoms. The molecule has 13 nitrogen and oxygen atoms in total. The number of nitrogens with one attached hydrogen (secondary N) is 3. The molecule has 2 aliphatic carbocycles. The van der Waals surface area contributed by atoms with E-state index in [9.17, 15) is 27.7 Å². The van der Waals surface area contributed by atoms with Gasteiger partial charge in [0.15, 0.2) is 0 Å². The number of benzene rings is 3. The van der Waals surface area contributed by atoms with Gasteiger partial charge in [-0.15, -0.1) is 0 Å². The Morgan fingerprint density at radius 2 is 1.75 bits per heavy atom. The van der Waals surface area contributed by atoms with Crippen LogP contribution in [0.25, 0.3) is 11.0 Å². The normalized spacial score (nSPS) is 21.1. The van der Waals surface area contributed by atoms with Gasteiger partial charge in [0, 0.05) is 62.8 Å². The molecule has 3 aromatic carbocycles. The molecule has 2 saturated carbocycles. The average Bonchev–Trinajstić information content (AvgIpc) is 3.91. The molecule has 344 valence electrons. The number of rotatable bonds is 13. The third kappa shape index (κ3) is 9.31. The van der Waals surface area contributed by atoms with Gasteiger partial charge in [0.2, 0.25) is 0 Å². The molecule has 4 aliphatic rings. The summed E-state index contributed by atoms with van der Waals surface area (Å²) in [7, 11) is -4.59. The molecule has 1 amide bonds. The van der Waals surface area contributed by atoms with Crippen LogP contribution in [0.2, 0.25) is 0 Å². The quantitative estimate of drug-likeness (QED) is 0.0766. The zero-order valence-electron chi connectivity index (χ0n) is 37.7. The molecule has 2 atom stereocenters. The first-order chi connectivity index (χ1) is 31.1. The smallest absolute Gasteiger partial charge is 0.293 e. The standard InChI is InChI=1S/C50H60FN7O6S/c1-32(2)37-8-5-6-9-38(37)39-10-7-11-44(39)57-30-50(31-57)20-22-56(23-21-50)34-12-14-40(46(24-34)64-35-25-41-42(51)29-54-47(41)53-28-35)48(59)55-65(62,63)36-13-15-43(45(26-36)58(60)61)52-27-33-16-18-49(3,4)19-17-33/h5-6,8-9,12-15,24-26,28-29,32-33,39,44,52H,7,10-11,16-23,27,30-31H2,1-4H3,(H,53,54)(H,55,59)/t39-,44?/m0/s1. The molecule has 0 bridgehead atoms. The lowest BCUT2D eigenvalue weighted by molar-refractivity contribution is -0.384. The van der Waals surface area contributed by atoms with E-state index in [2.05, 4.69) is 81.8 Å². The molecule has 65 heavy (non-hydrogen) atoms. The second kappa shape index (κ2) is 17.7. The highest BCUT2D eigenvalue weighted by atomic mass is 32.2. The van der Waals surface area contributed by atoms with E-state index < -0.39 is 37.3 Å². The molecule has 5 aromatic rings. The van der Waals surface area contributed by atoms with E-state index in [-0.39, 0.29) is 39.0 Å². The largest absolute Gasteiger partial charge is 0.455 e. The van der Waals surface area contributed by atoms with Crippen LogP contribution < -0.4 is 19.7 Å². The van der Waals surface area contributed by atoms with Gasteiger partial charge in [-0.2, -0.15) is 0 Å². The van der Waals surface area contributed by atoms with E-state index in [1.165, 1.54) is 67.0 Å². The number of piperidine rings is 1. The summed E-state index contributed by atoms with van der Waals surface area (Å²) >= 11 is 0. The number of likely N-dealkylation sites (tertiary alicyclic amines) is 1. The van der Waals surface area contributed by atoms with Crippen molar-refractivity contribution < 1.29 is 27.3 Å². The van der Waals surface area contributed by atoms with Crippen LogP contribution in [0.15, 0.2) is 84.0 Å². The Balaban J connectivity index is 0.905. The number of fused-ring (bicyclic) bond motifs is 1. The number of aromatic amines is 1. The minimum absolute atomic E-state index is 0.0491.